The first-order chi connectivity index (χ1) is 21.9. The summed E-state index contributed by atoms with van der Waals surface area (Å²) in [4.78, 5) is 15.8. The van der Waals surface area contributed by atoms with Crippen LogP contribution < -0.4 is 5.32 Å². The number of thiophene rings is 4. The first-order valence-electron chi connectivity index (χ1n) is 15.3. The van der Waals surface area contributed by atoms with E-state index in [2.05, 4.69) is 81.5 Å². The third-order valence-electron chi connectivity index (χ3n) is 8.18. The number of aryl methyl sites for hydroxylation is 2. The van der Waals surface area contributed by atoms with E-state index < -0.39 is 0 Å². The highest BCUT2D eigenvalue weighted by Gasteiger charge is 2.26. The molecule has 8 rings (SSSR count). The summed E-state index contributed by atoms with van der Waals surface area (Å²) >= 11 is 8.69. The SMILES string of the molecule is CCc1nc2c(-c3cc4sc(CC(C)C)cc4s3)c3nsnc3c(-c3cc4sc(-c5ccc(NC)cc5)cc4s3)c2nc1CC. The van der Waals surface area contributed by atoms with Crippen LogP contribution in [0.5, 0.6) is 0 Å². The summed E-state index contributed by atoms with van der Waals surface area (Å²) in [7, 11) is 1.95. The van der Waals surface area contributed by atoms with Gasteiger partial charge in [0.15, 0.2) is 0 Å². The molecule has 0 atom stereocenters. The van der Waals surface area contributed by atoms with Crippen LogP contribution in [-0.4, -0.2) is 25.8 Å². The van der Waals surface area contributed by atoms with Crippen LogP contribution in [0.3, 0.4) is 0 Å². The molecule has 6 heterocycles. The predicted molar refractivity (Wildman–Crippen MR) is 200 cm³/mol. The third-order valence-corrected chi connectivity index (χ3v) is 13.4. The number of nitrogens with zero attached hydrogens (tertiary/aromatic N) is 4. The molecule has 10 heteroatoms. The van der Waals surface area contributed by atoms with Crippen molar-refractivity contribution in [3.05, 3.63) is 64.8 Å². The van der Waals surface area contributed by atoms with Crippen molar-refractivity contribution in [3.63, 3.8) is 0 Å². The third kappa shape index (κ3) is 4.98. The van der Waals surface area contributed by atoms with Crippen LogP contribution in [0.1, 0.15) is 44.0 Å². The topological polar surface area (TPSA) is 63.6 Å². The molecule has 0 aliphatic carbocycles. The number of aromatic nitrogens is 4. The molecule has 0 amide bonds. The van der Waals surface area contributed by atoms with Crippen LogP contribution in [0.25, 0.3) is 72.2 Å². The fourth-order valence-electron chi connectivity index (χ4n) is 6.04. The van der Waals surface area contributed by atoms with Crippen molar-refractivity contribution < 1.29 is 0 Å². The van der Waals surface area contributed by atoms with E-state index in [-0.39, 0.29) is 0 Å². The standard InChI is InChI=1S/C35H31N5S5/c1-6-21-22(7-2)38-33-31(29-16-27-26(44-29)14-23(42-27)18-8-10-19(36-5)11-9-18)35-34(39-45-40-35)30(32(33)37-21)28-15-25-24(43-28)13-20(41-25)12-17(3)4/h8-11,13-17,36H,6-7,12H2,1-5H3. The minimum atomic E-state index is 0.647. The highest BCUT2D eigenvalue weighted by molar-refractivity contribution is 7.31. The summed E-state index contributed by atoms with van der Waals surface area (Å²) in [5.41, 5.74) is 10.4. The molecule has 0 saturated heterocycles. The Balaban J connectivity index is 1.33. The lowest BCUT2D eigenvalue weighted by Crippen LogP contribution is -2.03. The molecule has 226 valence electrons. The quantitative estimate of drug-likeness (QED) is 0.173. The molecule has 5 nitrogen and oxygen atoms in total. The fraction of sp³-hybridized carbons (Fsp3) is 0.257. The molecule has 0 bridgehead atoms. The number of hydrogen-bond acceptors (Lipinski definition) is 10. The number of anilines is 1. The molecule has 0 saturated carbocycles. The zero-order valence-electron chi connectivity index (χ0n) is 25.6. The van der Waals surface area contributed by atoms with Gasteiger partial charge in [0.05, 0.1) is 23.1 Å². The van der Waals surface area contributed by atoms with Gasteiger partial charge < -0.3 is 5.32 Å². The van der Waals surface area contributed by atoms with Gasteiger partial charge in [0.2, 0.25) is 0 Å². The van der Waals surface area contributed by atoms with Crippen LogP contribution in [0, 0.1) is 5.92 Å². The Labute approximate surface area is 282 Å². The van der Waals surface area contributed by atoms with Gasteiger partial charge in [-0.3, -0.25) is 0 Å². The molecule has 0 aliphatic heterocycles. The van der Waals surface area contributed by atoms with Crippen LogP contribution in [0.15, 0.2) is 48.5 Å². The summed E-state index contributed by atoms with van der Waals surface area (Å²) in [6.45, 7) is 8.92. The zero-order valence-corrected chi connectivity index (χ0v) is 29.7. The van der Waals surface area contributed by atoms with E-state index in [1.807, 2.05) is 52.4 Å². The van der Waals surface area contributed by atoms with E-state index in [4.69, 9.17) is 18.7 Å². The number of nitrogens with one attached hydrogen (secondary N) is 1. The second kappa shape index (κ2) is 11.5. The van der Waals surface area contributed by atoms with Gasteiger partial charge >= 0.3 is 0 Å². The molecule has 0 aliphatic rings. The lowest BCUT2D eigenvalue weighted by atomic mass is 10.0. The summed E-state index contributed by atoms with van der Waals surface area (Å²) in [6.07, 6.45) is 2.81. The van der Waals surface area contributed by atoms with Crippen molar-refractivity contribution in [2.24, 2.45) is 5.92 Å². The van der Waals surface area contributed by atoms with Crippen molar-refractivity contribution in [1.29, 1.82) is 0 Å². The van der Waals surface area contributed by atoms with Gasteiger partial charge in [-0.1, -0.05) is 39.8 Å². The Morgan fingerprint density at radius 1 is 0.644 bits per heavy atom. The lowest BCUT2D eigenvalue weighted by molar-refractivity contribution is 0.654. The van der Waals surface area contributed by atoms with Crippen molar-refractivity contribution >= 4 is 104 Å². The molecule has 2 aromatic carbocycles. The van der Waals surface area contributed by atoms with E-state index in [0.29, 0.717) is 5.92 Å². The predicted octanol–water partition coefficient (Wildman–Crippen LogP) is 11.6. The molecular weight excluding hydrogens is 651 g/mol. The molecule has 0 spiro atoms. The minimum Gasteiger partial charge on any atom is -0.388 e. The van der Waals surface area contributed by atoms with E-state index in [9.17, 15) is 0 Å². The number of fused-ring (bicyclic) bond motifs is 4. The molecule has 0 fully saturated rings. The normalized spacial score (nSPS) is 12.1. The van der Waals surface area contributed by atoms with Crippen LogP contribution in [-0.2, 0) is 19.3 Å². The largest absolute Gasteiger partial charge is 0.388 e. The van der Waals surface area contributed by atoms with Crippen LogP contribution in [0.4, 0.5) is 5.69 Å². The van der Waals surface area contributed by atoms with Crippen molar-refractivity contribution in [2.75, 3.05) is 12.4 Å². The lowest BCUT2D eigenvalue weighted by Gasteiger charge is -2.13. The van der Waals surface area contributed by atoms with E-state index in [1.165, 1.54) is 55.6 Å². The van der Waals surface area contributed by atoms with Crippen molar-refractivity contribution in [3.8, 4) is 31.3 Å². The van der Waals surface area contributed by atoms with Gasteiger partial charge in [-0.05, 0) is 67.1 Å². The summed E-state index contributed by atoms with van der Waals surface area (Å²) in [5.74, 6) is 0.647. The minimum absolute atomic E-state index is 0.647. The van der Waals surface area contributed by atoms with Gasteiger partial charge in [0, 0.05) is 62.2 Å². The maximum absolute atomic E-state index is 5.37. The zero-order chi connectivity index (χ0) is 30.8. The number of hydrogen-bond donors (Lipinski definition) is 1. The first kappa shape index (κ1) is 29.1. The fourth-order valence-corrected chi connectivity index (χ4v) is 11.7. The summed E-state index contributed by atoms with van der Waals surface area (Å²) in [5, 5.41) is 3.21. The van der Waals surface area contributed by atoms with Crippen molar-refractivity contribution in [2.45, 2.75) is 47.0 Å². The first-order valence-corrected chi connectivity index (χ1v) is 19.3. The van der Waals surface area contributed by atoms with Gasteiger partial charge in [0.1, 0.15) is 22.1 Å². The number of benzene rings is 2. The van der Waals surface area contributed by atoms with E-state index in [0.717, 1.165) is 69.5 Å². The molecule has 1 N–H and O–H groups in total. The smallest absolute Gasteiger partial charge is 0.116 e. The Morgan fingerprint density at radius 3 is 1.67 bits per heavy atom. The Bertz CT molecular complexity index is 2290. The van der Waals surface area contributed by atoms with E-state index in [1.54, 1.807) is 0 Å². The van der Waals surface area contributed by atoms with Gasteiger partial charge in [-0.2, -0.15) is 8.75 Å². The summed E-state index contributed by atoms with van der Waals surface area (Å²) in [6, 6.07) is 18.0. The average Bonchev–Trinajstić information content (AvgIpc) is 3.86. The molecule has 0 radical (unpaired) electrons. The second-order valence-electron chi connectivity index (χ2n) is 11.7. The molecule has 6 aromatic heterocycles. The van der Waals surface area contributed by atoms with E-state index >= 15 is 0 Å². The molecular formula is C35H31N5S5. The Kier molecular flexibility index (Phi) is 7.45. The Hall–Kier alpha value is -3.28. The monoisotopic (exact) mass is 681 g/mol. The number of rotatable bonds is 8. The summed E-state index contributed by atoms with van der Waals surface area (Å²) < 4.78 is 15.1. The highest BCUT2D eigenvalue weighted by Crippen LogP contribution is 2.49. The Morgan fingerprint density at radius 2 is 1.16 bits per heavy atom. The highest BCUT2D eigenvalue weighted by atomic mass is 32.1. The maximum atomic E-state index is 5.37. The second-order valence-corrected chi connectivity index (χ2v) is 16.6. The molecule has 8 aromatic rings. The maximum Gasteiger partial charge on any atom is 0.116 e. The average molecular weight is 682 g/mol. The molecule has 45 heavy (non-hydrogen) atoms. The van der Waals surface area contributed by atoms with Crippen LogP contribution in [0.2, 0.25) is 0 Å². The van der Waals surface area contributed by atoms with Crippen LogP contribution >= 0.6 is 57.1 Å². The van der Waals surface area contributed by atoms with Gasteiger partial charge in [-0.15, -0.1) is 45.3 Å². The van der Waals surface area contributed by atoms with Gasteiger partial charge in [0.25, 0.3) is 0 Å². The van der Waals surface area contributed by atoms with Crippen molar-refractivity contribution in [1.82, 2.24) is 18.7 Å². The molecule has 0 unspecified atom stereocenters. The van der Waals surface area contributed by atoms with Gasteiger partial charge in [-0.25, -0.2) is 9.97 Å².